The van der Waals surface area contributed by atoms with Crippen molar-refractivity contribution in [2.24, 2.45) is 0 Å². The first-order valence-electron chi connectivity index (χ1n) is 3.36. The number of hydrogen-bond donors (Lipinski definition) is 4. The summed E-state index contributed by atoms with van der Waals surface area (Å²) in [6.45, 7) is 0. The van der Waals surface area contributed by atoms with Crippen molar-refractivity contribution >= 4 is 24.3 Å². The van der Waals surface area contributed by atoms with Crippen molar-refractivity contribution in [3.05, 3.63) is 15.3 Å². The fraction of sp³-hybridized carbons (Fsp3) is 0. The van der Waals surface area contributed by atoms with E-state index in [4.69, 9.17) is 10.2 Å². The molecule has 5 nitrogen and oxygen atoms in total. The van der Waals surface area contributed by atoms with Gasteiger partial charge in [0.15, 0.2) is 0 Å². The first-order valence-corrected chi connectivity index (χ1v) is 5.07. The van der Waals surface area contributed by atoms with Gasteiger partial charge < -0.3 is 0 Å². The van der Waals surface area contributed by atoms with Gasteiger partial charge in [-0.25, -0.2) is 0 Å². The number of hydrogen-bond acceptors (Lipinski definition) is 4. The number of phenolic OH excluding ortho intramolecular Hbond substituents is 3. The summed E-state index contributed by atoms with van der Waals surface area (Å²) in [6.07, 6.45) is 0. The summed E-state index contributed by atoms with van der Waals surface area (Å²) in [6, 6.07) is 1.28. The van der Waals surface area contributed by atoms with Crippen LogP contribution in [-0.4, -0.2) is 34.8 Å². The van der Waals surface area contributed by atoms with Gasteiger partial charge in [0.2, 0.25) is 0 Å². The van der Waals surface area contributed by atoms with Crippen LogP contribution in [0.5, 0.6) is 17.2 Å². The summed E-state index contributed by atoms with van der Waals surface area (Å²) >= 11 is -0.446. The van der Waals surface area contributed by atoms with Crippen molar-refractivity contribution in [3.63, 3.8) is 0 Å². The molecule has 0 aliphatic rings. The van der Waals surface area contributed by atoms with Crippen molar-refractivity contribution in [1.82, 2.24) is 4.98 Å². The van der Waals surface area contributed by atoms with Crippen LogP contribution in [-0.2, 0) is 0 Å². The summed E-state index contributed by atoms with van der Waals surface area (Å²) in [5, 5.41) is 27.5. The molecule has 0 aliphatic heterocycles. The third kappa shape index (κ3) is 1.11. The van der Waals surface area contributed by atoms with E-state index in [0.29, 0.717) is 4.26 Å². The standard InChI is InChI=1S/C7H5NO4Se/c9-2-1-3-4(6(11)5(2)10)8-7(12)13-3/h1,9-11H,(H,8,12). The third-order valence-electron chi connectivity index (χ3n) is 1.65. The van der Waals surface area contributed by atoms with E-state index in [9.17, 15) is 9.90 Å². The number of rotatable bonds is 0. The Balaban J connectivity index is 3.00. The van der Waals surface area contributed by atoms with E-state index in [1.807, 2.05) is 0 Å². The Morgan fingerprint density at radius 3 is 2.62 bits per heavy atom. The van der Waals surface area contributed by atoms with Gasteiger partial charge in [0.25, 0.3) is 0 Å². The summed E-state index contributed by atoms with van der Waals surface area (Å²) in [5.74, 6) is -1.48. The van der Waals surface area contributed by atoms with Gasteiger partial charge in [-0.05, 0) is 0 Å². The molecule has 0 atom stereocenters. The topological polar surface area (TPSA) is 93.6 Å². The van der Waals surface area contributed by atoms with Gasteiger partial charge in [-0.3, -0.25) is 0 Å². The van der Waals surface area contributed by atoms with Crippen molar-refractivity contribution in [3.8, 4) is 17.2 Å². The molecule has 4 N–H and O–H groups in total. The number of phenols is 3. The van der Waals surface area contributed by atoms with E-state index in [-0.39, 0.29) is 9.95 Å². The Morgan fingerprint density at radius 1 is 1.23 bits per heavy atom. The molecule has 0 spiro atoms. The normalized spacial score (nSPS) is 10.8. The fourth-order valence-corrected chi connectivity index (χ4v) is 2.67. The van der Waals surface area contributed by atoms with Crippen LogP contribution in [0, 0.1) is 0 Å². The summed E-state index contributed by atoms with van der Waals surface area (Å²) in [4.78, 5) is 13.3. The molecule has 2 rings (SSSR count). The van der Waals surface area contributed by atoms with Gasteiger partial charge in [-0.2, -0.15) is 0 Å². The number of aromatic amines is 1. The van der Waals surface area contributed by atoms with Crippen LogP contribution in [0.2, 0.25) is 0 Å². The first kappa shape index (κ1) is 8.22. The van der Waals surface area contributed by atoms with Crippen LogP contribution in [0.1, 0.15) is 0 Å². The molecule has 0 bridgehead atoms. The quantitative estimate of drug-likeness (QED) is 0.379. The number of H-pyrrole nitrogens is 1. The zero-order chi connectivity index (χ0) is 9.59. The van der Waals surface area contributed by atoms with Crippen molar-refractivity contribution < 1.29 is 15.3 Å². The zero-order valence-corrected chi connectivity index (χ0v) is 7.95. The molecule has 6 heteroatoms. The summed E-state index contributed by atoms with van der Waals surface area (Å²) < 4.78 is 0.341. The van der Waals surface area contributed by atoms with E-state index < -0.39 is 31.8 Å². The van der Waals surface area contributed by atoms with Crippen molar-refractivity contribution in [2.45, 2.75) is 0 Å². The van der Waals surface area contributed by atoms with Crippen molar-refractivity contribution in [1.29, 1.82) is 0 Å². The Kier molecular flexibility index (Phi) is 1.61. The van der Waals surface area contributed by atoms with Gasteiger partial charge in [0.05, 0.1) is 0 Å². The molecule has 0 saturated carbocycles. The zero-order valence-electron chi connectivity index (χ0n) is 6.24. The number of aromatic hydroxyl groups is 3. The van der Waals surface area contributed by atoms with E-state index >= 15 is 0 Å². The molecule has 0 unspecified atom stereocenters. The van der Waals surface area contributed by atoms with Gasteiger partial charge >= 0.3 is 77.1 Å². The maximum absolute atomic E-state index is 10.9. The monoisotopic (exact) mass is 247 g/mol. The van der Waals surface area contributed by atoms with Crippen molar-refractivity contribution in [2.75, 3.05) is 0 Å². The molecular weight excluding hydrogens is 241 g/mol. The predicted octanol–water partition coefficient (Wildman–Crippen LogP) is -0.298. The van der Waals surface area contributed by atoms with E-state index in [0.717, 1.165) is 0 Å². The second-order valence-corrected chi connectivity index (χ2v) is 4.61. The average molecular weight is 246 g/mol. The second kappa shape index (κ2) is 2.55. The summed E-state index contributed by atoms with van der Waals surface area (Å²) in [5.41, 5.74) is 0.209. The van der Waals surface area contributed by atoms with E-state index in [1.165, 1.54) is 6.07 Å². The number of aromatic nitrogens is 1. The van der Waals surface area contributed by atoms with Crippen LogP contribution in [0.4, 0.5) is 0 Å². The van der Waals surface area contributed by atoms with Gasteiger partial charge in [0, 0.05) is 0 Å². The van der Waals surface area contributed by atoms with Crippen LogP contribution in [0.25, 0.3) is 9.78 Å². The Bertz CT molecular complexity index is 527. The van der Waals surface area contributed by atoms with Crippen LogP contribution in [0.3, 0.4) is 0 Å². The first-order chi connectivity index (χ1) is 6.09. The molecule has 0 radical (unpaired) electrons. The SMILES string of the molecule is O=c1[nH]c2c(O)c(O)c(O)cc2[se]1. The minimum absolute atomic E-state index is 0.206. The average Bonchev–Trinajstić information content (AvgIpc) is 2.42. The molecule has 1 aromatic carbocycles. The van der Waals surface area contributed by atoms with E-state index in [1.54, 1.807) is 0 Å². The molecule has 0 saturated heterocycles. The fourth-order valence-electron chi connectivity index (χ4n) is 1.05. The number of fused-ring (bicyclic) bond motifs is 1. The maximum atomic E-state index is 10.9. The van der Waals surface area contributed by atoms with Crippen LogP contribution < -0.4 is 4.43 Å². The van der Waals surface area contributed by atoms with E-state index in [2.05, 4.69) is 4.98 Å². The predicted molar refractivity (Wildman–Crippen MR) is 46.5 cm³/mol. The Morgan fingerprint density at radius 2 is 1.92 bits per heavy atom. The number of benzene rings is 1. The molecule has 1 aromatic heterocycles. The molecule has 13 heavy (non-hydrogen) atoms. The molecule has 0 fully saturated rings. The van der Waals surface area contributed by atoms with Gasteiger partial charge in [-0.15, -0.1) is 0 Å². The molecular formula is C7H5NO4Se. The molecule has 0 aliphatic carbocycles. The third-order valence-corrected chi connectivity index (χ3v) is 3.39. The molecule has 68 valence electrons. The molecule has 0 amide bonds. The number of nitrogens with one attached hydrogen (secondary N) is 1. The van der Waals surface area contributed by atoms with Crippen LogP contribution in [0.15, 0.2) is 10.9 Å². The van der Waals surface area contributed by atoms with Gasteiger partial charge in [-0.1, -0.05) is 0 Å². The Hall–Kier alpha value is -1.39. The van der Waals surface area contributed by atoms with Crippen LogP contribution >= 0.6 is 0 Å². The second-order valence-electron chi connectivity index (χ2n) is 2.48. The molecule has 1 heterocycles. The van der Waals surface area contributed by atoms with Gasteiger partial charge in [0.1, 0.15) is 0 Å². The summed E-state index contributed by atoms with van der Waals surface area (Å²) in [7, 11) is 0. The minimum atomic E-state index is -0.600. The Labute approximate surface area is 77.6 Å². The molecule has 2 aromatic rings.